The van der Waals surface area contributed by atoms with Crippen LogP contribution in [0.25, 0.3) is 6.08 Å². The van der Waals surface area contributed by atoms with Gasteiger partial charge in [0.05, 0.1) is 5.69 Å². The minimum atomic E-state index is -0.339. The molecule has 3 aromatic rings. The number of rotatable bonds is 7. The molecule has 0 aliphatic heterocycles. The van der Waals surface area contributed by atoms with Gasteiger partial charge in [-0.05, 0) is 49.2 Å². The van der Waals surface area contributed by atoms with E-state index in [-0.39, 0.29) is 11.8 Å². The molecule has 160 valence electrons. The second kappa shape index (κ2) is 10.0. The van der Waals surface area contributed by atoms with Crippen LogP contribution in [-0.2, 0) is 11.3 Å². The second-order valence-corrected chi connectivity index (χ2v) is 7.80. The summed E-state index contributed by atoms with van der Waals surface area (Å²) in [4.78, 5) is 28.9. The first kappa shape index (κ1) is 22.2. The Bertz CT molecular complexity index is 1110. The van der Waals surface area contributed by atoms with Crippen molar-refractivity contribution >= 4 is 41.0 Å². The van der Waals surface area contributed by atoms with Gasteiger partial charge in [0, 0.05) is 35.6 Å². The van der Waals surface area contributed by atoms with Crippen LogP contribution in [0.5, 0.6) is 0 Å². The fourth-order valence-corrected chi connectivity index (χ4v) is 3.24. The molecular formula is C23H24ClN5O2. The van der Waals surface area contributed by atoms with E-state index in [0.717, 1.165) is 5.69 Å². The molecule has 2 aromatic heterocycles. The van der Waals surface area contributed by atoms with Crippen molar-refractivity contribution in [2.45, 2.75) is 27.3 Å². The van der Waals surface area contributed by atoms with E-state index in [1.165, 1.54) is 6.08 Å². The first-order chi connectivity index (χ1) is 14.8. The standard InChI is InChI=1S/C23H24ClN5O2/c1-15(2)14-29-22(24)19(16(3)28-29)10-11-21(30)26-18-8-6-7-17(13-18)23(31)27-20-9-4-5-12-25-20/h4-13,15H,14H2,1-3H3,(H,26,30)(H,25,27,31). The van der Waals surface area contributed by atoms with E-state index in [1.54, 1.807) is 59.4 Å². The molecule has 0 atom stereocenters. The van der Waals surface area contributed by atoms with Crippen molar-refractivity contribution in [2.75, 3.05) is 10.6 Å². The van der Waals surface area contributed by atoms with Gasteiger partial charge in [-0.25, -0.2) is 4.98 Å². The maximum absolute atomic E-state index is 12.4. The number of benzene rings is 1. The number of hydrogen-bond acceptors (Lipinski definition) is 4. The molecule has 0 saturated heterocycles. The Hall–Kier alpha value is -3.45. The predicted molar refractivity (Wildman–Crippen MR) is 123 cm³/mol. The lowest BCUT2D eigenvalue weighted by molar-refractivity contribution is -0.111. The van der Waals surface area contributed by atoms with E-state index in [4.69, 9.17) is 11.6 Å². The van der Waals surface area contributed by atoms with Gasteiger partial charge < -0.3 is 10.6 Å². The average Bonchev–Trinajstić information content (AvgIpc) is 2.99. The number of halogens is 1. The fraction of sp³-hybridized carbons (Fsp3) is 0.217. The summed E-state index contributed by atoms with van der Waals surface area (Å²) in [7, 11) is 0. The summed E-state index contributed by atoms with van der Waals surface area (Å²) in [6, 6.07) is 11.9. The number of aromatic nitrogens is 3. The third kappa shape index (κ3) is 6.02. The van der Waals surface area contributed by atoms with Gasteiger partial charge >= 0.3 is 0 Å². The normalized spacial score (nSPS) is 11.1. The summed E-state index contributed by atoms with van der Waals surface area (Å²) in [5, 5.41) is 10.4. The highest BCUT2D eigenvalue weighted by Gasteiger charge is 2.13. The number of nitrogens with zero attached hydrogens (tertiary/aromatic N) is 3. The van der Waals surface area contributed by atoms with Crippen LogP contribution in [0.3, 0.4) is 0 Å². The Morgan fingerprint density at radius 2 is 1.97 bits per heavy atom. The number of carbonyl (C=O) groups excluding carboxylic acids is 2. The smallest absolute Gasteiger partial charge is 0.256 e. The van der Waals surface area contributed by atoms with Crippen molar-refractivity contribution in [2.24, 2.45) is 5.92 Å². The Kier molecular flexibility index (Phi) is 7.20. The summed E-state index contributed by atoms with van der Waals surface area (Å²) < 4.78 is 1.74. The van der Waals surface area contributed by atoms with E-state index in [9.17, 15) is 9.59 Å². The molecule has 8 heteroatoms. The van der Waals surface area contributed by atoms with Crippen LogP contribution < -0.4 is 10.6 Å². The first-order valence-corrected chi connectivity index (χ1v) is 10.3. The third-order valence-electron chi connectivity index (χ3n) is 4.35. The quantitative estimate of drug-likeness (QED) is 0.519. The lowest BCUT2D eigenvalue weighted by Gasteiger charge is -2.07. The molecular weight excluding hydrogens is 414 g/mol. The SMILES string of the molecule is Cc1nn(CC(C)C)c(Cl)c1C=CC(=O)Nc1cccc(C(=O)Nc2ccccn2)c1. The number of aryl methyl sites for hydroxylation is 1. The first-order valence-electron chi connectivity index (χ1n) is 9.88. The zero-order valence-corrected chi connectivity index (χ0v) is 18.3. The fourth-order valence-electron chi connectivity index (χ4n) is 2.93. The van der Waals surface area contributed by atoms with Gasteiger partial charge in [-0.2, -0.15) is 5.10 Å². The molecule has 3 rings (SSSR count). The highest BCUT2D eigenvalue weighted by molar-refractivity contribution is 6.31. The van der Waals surface area contributed by atoms with E-state index >= 15 is 0 Å². The van der Waals surface area contributed by atoms with Gasteiger partial charge in [-0.15, -0.1) is 0 Å². The molecule has 2 N–H and O–H groups in total. The summed E-state index contributed by atoms with van der Waals surface area (Å²) in [5.74, 6) is 0.203. The summed E-state index contributed by atoms with van der Waals surface area (Å²) >= 11 is 6.41. The highest BCUT2D eigenvalue weighted by Crippen LogP contribution is 2.22. The van der Waals surface area contributed by atoms with Crippen LogP contribution in [0.4, 0.5) is 11.5 Å². The summed E-state index contributed by atoms with van der Waals surface area (Å²) in [6.45, 7) is 6.72. The van der Waals surface area contributed by atoms with Crippen LogP contribution in [0, 0.1) is 12.8 Å². The van der Waals surface area contributed by atoms with Gasteiger partial charge in [0.25, 0.3) is 5.91 Å². The number of pyridine rings is 1. The zero-order chi connectivity index (χ0) is 22.4. The van der Waals surface area contributed by atoms with Gasteiger partial charge in [0.1, 0.15) is 11.0 Å². The van der Waals surface area contributed by atoms with Gasteiger partial charge in [-0.1, -0.05) is 37.6 Å². The molecule has 7 nitrogen and oxygen atoms in total. The van der Waals surface area contributed by atoms with Gasteiger partial charge in [0.15, 0.2) is 0 Å². The topological polar surface area (TPSA) is 88.9 Å². The van der Waals surface area contributed by atoms with Crippen LogP contribution in [-0.4, -0.2) is 26.6 Å². The zero-order valence-electron chi connectivity index (χ0n) is 17.6. The van der Waals surface area contributed by atoms with Crippen LogP contribution in [0.2, 0.25) is 5.15 Å². The molecule has 0 unspecified atom stereocenters. The Morgan fingerprint density at radius 3 is 2.68 bits per heavy atom. The molecule has 31 heavy (non-hydrogen) atoms. The number of anilines is 2. The Morgan fingerprint density at radius 1 is 1.16 bits per heavy atom. The molecule has 0 radical (unpaired) electrons. The number of amides is 2. The molecule has 0 aliphatic rings. The molecule has 0 bridgehead atoms. The van der Waals surface area contributed by atoms with Crippen molar-refractivity contribution in [3.8, 4) is 0 Å². The maximum Gasteiger partial charge on any atom is 0.256 e. The van der Waals surface area contributed by atoms with Crippen molar-refractivity contribution in [1.29, 1.82) is 0 Å². The molecule has 0 spiro atoms. The molecule has 1 aromatic carbocycles. The Labute approximate surface area is 186 Å². The van der Waals surface area contributed by atoms with Crippen LogP contribution in [0.15, 0.2) is 54.7 Å². The highest BCUT2D eigenvalue weighted by atomic mass is 35.5. The number of nitrogens with one attached hydrogen (secondary N) is 2. The Balaban J connectivity index is 1.67. The monoisotopic (exact) mass is 437 g/mol. The summed E-state index contributed by atoms with van der Waals surface area (Å²) in [5.41, 5.74) is 2.37. The van der Waals surface area contributed by atoms with Crippen LogP contribution >= 0.6 is 11.6 Å². The lowest BCUT2D eigenvalue weighted by Crippen LogP contribution is -2.14. The lowest BCUT2D eigenvalue weighted by atomic mass is 10.2. The molecule has 2 heterocycles. The minimum absolute atomic E-state index is 0.315. The minimum Gasteiger partial charge on any atom is -0.322 e. The molecule has 2 amide bonds. The van der Waals surface area contributed by atoms with Crippen LogP contribution in [0.1, 0.15) is 35.5 Å². The second-order valence-electron chi connectivity index (χ2n) is 7.44. The largest absolute Gasteiger partial charge is 0.322 e. The number of carbonyl (C=O) groups is 2. The predicted octanol–water partition coefficient (Wildman–Crippen LogP) is 4.80. The van der Waals surface area contributed by atoms with E-state index in [0.29, 0.717) is 40.2 Å². The van der Waals surface area contributed by atoms with Crippen molar-refractivity contribution in [3.63, 3.8) is 0 Å². The van der Waals surface area contributed by atoms with Crippen molar-refractivity contribution in [1.82, 2.24) is 14.8 Å². The van der Waals surface area contributed by atoms with Gasteiger partial charge in [-0.3, -0.25) is 14.3 Å². The number of hydrogen-bond donors (Lipinski definition) is 2. The third-order valence-corrected chi connectivity index (χ3v) is 4.75. The van der Waals surface area contributed by atoms with Gasteiger partial charge in [0.2, 0.25) is 5.91 Å². The average molecular weight is 438 g/mol. The molecule has 0 fully saturated rings. The molecule has 0 aliphatic carbocycles. The van der Waals surface area contributed by atoms with E-state index in [2.05, 4.69) is 34.6 Å². The van der Waals surface area contributed by atoms with E-state index in [1.807, 2.05) is 6.92 Å². The van der Waals surface area contributed by atoms with Crippen molar-refractivity contribution < 1.29 is 9.59 Å². The molecule has 0 saturated carbocycles. The maximum atomic E-state index is 12.4. The summed E-state index contributed by atoms with van der Waals surface area (Å²) in [6.07, 6.45) is 4.64. The van der Waals surface area contributed by atoms with Crippen molar-refractivity contribution in [3.05, 3.63) is 76.7 Å². The van der Waals surface area contributed by atoms with E-state index < -0.39 is 0 Å².